The molecule has 2 heterocycles. The molecule has 1 aliphatic rings. The van der Waals surface area contributed by atoms with E-state index in [1.54, 1.807) is 11.9 Å². The summed E-state index contributed by atoms with van der Waals surface area (Å²) in [5, 5.41) is 0. The van der Waals surface area contributed by atoms with Crippen LogP contribution in [0, 0.1) is 6.92 Å². The lowest BCUT2D eigenvalue weighted by Crippen LogP contribution is -2.54. The fourth-order valence-corrected chi connectivity index (χ4v) is 2.01. The highest BCUT2D eigenvalue weighted by Gasteiger charge is 2.40. The molecule has 1 fully saturated rings. The fraction of sp³-hybridized carbons (Fsp3) is 0.583. The number of likely N-dealkylation sites (N-methyl/N-ethyl adjacent to an activating group) is 1. The first-order chi connectivity index (χ1) is 8.01. The molecule has 0 aromatic carbocycles. The molecule has 1 aromatic heterocycles. The van der Waals surface area contributed by atoms with Crippen molar-refractivity contribution in [3.05, 3.63) is 23.7 Å². The number of aryl methyl sites for hydroxylation is 1. The maximum atomic E-state index is 12.2. The zero-order chi connectivity index (χ0) is 12.5. The Morgan fingerprint density at radius 1 is 1.59 bits per heavy atom. The number of nitrogens with two attached hydrogens (primary N) is 1. The summed E-state index contributed by atoms with van der Waals surface area (Å²) in [5.41, 5.74) is 5.15. The van der Waals surface area contributed by atoms with Gasteiger partial charge in [0.1, 0.15) is 17.1 Å². The Hall–Kier alpha value is -1.33. The highest BCUT2D eigenvalue weighted by atomic mass is 16.5. The van der Waals surface area contributed by atoms with Gasteiger partial charge in [-0.3, -0.25) is 4.79 Å². The SMILES string of the molecule is Cc1ccc(CN(C)C(=O)C2(N)CCOC2)o1. The van der Waals surface area contributed by atoms with Crippen LogP contribution in [0.4, 0.5) is 0 Å². The molecule has 5 heteroatoms. The lowest BCUT2D eigenvalue weighted by Gasteiger charge is -2.26. The van der Waals surface area contributed by atoms with Crippen molar-refractivity contribution >= 4 is 5.91 Å². The van der Waals surface area contributed by atoms with Crippen LogP contribution in [-0.4, -0.2) is 36.6 Å². The van der Waals surface area contributed by atoms with Crippen molar-refractivity contribution in [1.82, 2.24) is 4.90 Å². The van der Waals surface area contributed by atoms with Crippen molar-refractivity contribution in [3.8, 4) is 0 Å². The van der Waals surface area contributed by atoms with E-state index in [9.17, 15) is 4.79 Å². The molecule has 1 unspecified atom stereocenters. The number of carbonyl (C=O) groups is 1. The number of nitrogens with zero attached hydrogens (tertiary/aromatic N) is 1. The highest BCUT2D eigenvalue weighted by Crippen LogP contribution is 2.19. The molecule has 0 radical (unpaired) electrons. The molecule has 0 aliphatic carbocycles. The quantitative estimate of drug-likeness (QED) is 0.840. The monoisotopic (exact) mass is 238 g/mol. The van der Waals surface area contributed by atoms with Crippen LogP contribution in [-0.2, 0) is 16.1 Å². The van der Waals surface area contributed by atoms with Crippen LogP contribution >= 0.6 is 0 Å². The fourth-order valence-electron chi connectivity index (χ4n) is 2.01. The van der Waals surface area contributed by atoms with Crippen molar-refractivity contribution in [2.45, 2.75) is 25.4 Å². The summed E-state index contributed by atoms with van der Waals surface area (Å²) in [4.78, 5) is 13.7. The van der Waals surface area contributed by atoms with E-state index in [1.165, 1.54) is 0 Å². The van der Waals surface area contributed by atoms with Crippen LogP contribution in [0.15, 0.2) is 16.5 Å². The van der Waals surface area contributed by atoms with Crippen LogP contribution in [0.3, 0.4) is 0 Å². The lowest BCUT2D eigenvalue weighted by molar-refractivity contribution is -0.136. The Bertz CT molecular complexity index is 408. The summed E-state index contributed by atoms with van der Waals surface area (Å²) in [5.74, 6) is 1.51. The molecular formula is C12H18N2O3. The number of hydrogen-bond donors (Lipinski definition) is 1. The largest absolute Gasteiger partial charge is 0.464 e. The minimum absolute atomic E-state index is 0.0935. The predicted molar refractivity (Wildman–Crippen MR) is 62.3 cm³/mol. The summed E-state index contributed by atoms with van der Waals surface area (Å²) >= 11 is 0. The Labute approximate surface area is 101 Å². The Morgan fingerprint density at radius 3 is 2.88 bits per heavy atom. The van der Waals surface area contributed by atoms with Gasteiger partial charge in [0.05, 0.1) is 13.2 Å². The van der Waals surface area contributed by atoms with Gasteiger partial charge >= 0.3 is 0 Å². The minimum Gasteiger partial charge on any atom is -0.464 e. The van der Waals surface area contributed by atoms with E-state index in [0.717, 1.165) is 11.5 Å². The molecule has 0 bridgehead atoms. The van der Waals surface area contributed by atoms with Gasteiger partial charge in [-0.25, -0.2) is 0 Å². The Morgan fingerprint density at radius 2 is 2.35 bits per heavy atom. The van der Waals surface area contributed by atoms with Gasteiger partial charge in [0, 0.05) is 13.7 Å². The molecule has 17 heavy (non-hydrogen) atoms. The summed E-state index contributed by atoms with van der Waals surface area (Å²) in [6.45, 7) is 3.16. The van der Waals surface area contributed by atoms with E-state index >= 15 is 0 Å². The second-order valence-electron chi connectivity index (χ2n) is 4.63. The number of carbonyl (C=O) groups excluding carboxylic acids is 1. The van der Waals surface area contributed by atoms with Crippen molar-refractivity contribution < 1.29 is 13.9 Å². The van der Waals surface area contributed by atoms with Crippen molar-refractivity contribution in [3.63, 3.8) is 0 Å². The topological polar surface area (TPSA) is 68.7 Å². The molecule has 5 nitrogen and oxygen atoms in total. The lowest BCUT2D eigenvalue weighted by atomic mass is 9.98. The van der Waals surface area contributed by atoms with E-state index in [4.69, 9.17) is 14.9 Å². The van der Waals surface area contributed by atoms with Gasteiger partial charge in [0.25, 0.3) is 0 Å². The van der Waals surface area contributed by atoms with Crippen molar-refractivity contribution in [2.24, 2.45) is 5.73 Å². The van der Waals surface area contributed by atoms with E-state index in [1.807, 2.05) is 19.1 Å². The van der Waals surface area contributed by atoms with Crippen molar-refractivity contribution in [1.29, 1.82) is 0 Å². The van der Waals surface area contributed by atoms with Crippen LogP contribution in [0.25, 0.3) is 0 Å². The molecule has 1 aliphatic heterocycles. The standard InChI is InChI=1S/C12H18N2O3/c1-9-3-4-10(17-9)7-14(2)11(15)12(13)5-6-16-8-12/h3-4H,5-8,13H2,1-2H3. The molecule has 0 saturated carbocycles. The number of furan rings is 1. The smallest absolute Gasteiger partial charge is 0.245 e. The van der Waals surface area contributed by atoms with Gasteiger partial charge < -0.3 is 19.8 Å². The first-order valence-electron chi connectivity index (χ1n) is 5.69. The van der Waals surface area contributed by atoms with Crippen LogP contribution in [0.1, 0.15) is 17.9 Å². The molecule has 94 valence electrons. The van der Waals surface area contributed by atoms with Crippen LogP contribution < -0.4 is 5.73 Å². The Balaban J connectivity index is 2.00. The summed E-state index contributed by atoms with van der Waals surface area (Å²) in [6.07, 6.45) is 0.577. The van der Waals surface area contributed by atoms with Gasteiger partial charge in [-0.2, -0.15) is 0 Å². The van der Waals surface area contributed by atoms with Crippen LogP contribution in [0.2, 0.25) is 0 Å². The second kappa shape index (κ2) is 4.50. The molecule has 0 spiro atoms. The minimum atomic E-state index is -0.865. The van der Waals surface area contributed by atoms with E-state index in [0.29, 0.717) is 26.2 Å². The normalized spacial score (nSPS) is 23.9. The van der Waals surface area contributed by atoms with Gasteiger partial charge in [-0.15, -0.1) is 0 Å². The zero-order valence-electron chi connectivity index (χ0n) is 10.2. The zero-order valence-corrected chi connectivity index (χ0v) is 10.2. The third kappa shape index (κ3) is 2.50. The van der Waals surface area contributed by atoms with Crippen LogP contribution in [0.5, 0.6) is 0 Å². The number of amides is 1. The number of rotatable bonds is 3. The molecular weight excluding hydrogens is 220 g/mol. The molecule has 1 aromatic rings. The molecule has 2 rings (SSSR count). The second-order valence-corrected chi connectivity index (χ2v) is 4.63. The van der Waals surface area contributed by atoms with E-state index in [2.05, 4.69) is 0 Å². The average molecular weight is 238 g/mol. The first-order valence-corrected chi connectivity index (χ1v) is 5.69. The van der Waals surface area contributed by atoms with E-state index < -0.39 is 5.54 Å². The molecule has 2 N–H and O–H groups in total. The van der Waals surface area contributed by atoms with Gasteiger partial charge in [0.15, 0.2) is 0 Å². The van der Waals surface area contributed by atoms with E-state index in [-0.39, 0.29) is 5.91 Å². The third-order valence-electron chi connectivity index (χ3n) is 3.01. The Kier molecular flexibility index (Phi) is 3.22. The maximum Gasteiger partial charge on any atom is 0.245 e. The van der Waals surface area contributed by atoms with Gasteiger partial charge in [-0.1, -0.05) is 0 Å². The molecule has 1 atom stereocenters. The van der Waals surface area contributed by atoms with Gasteiger partial charge in [0.2, 0.25) is 5.91 Å². The average Bonchev–Trinajstić information content (AvgIpc) is 2.88. The van der Waals surface area contributed by atoms with Crippen molar-refractivity contribution in [2.75, 3.05) is 20.3 Å². The first kappa shape index (κ1) is 12.1. The third-order valence-corrected chi connectivity index (χ3v) is 3.01. The number of hydrogen-bond acceptors (Lipinski definition) is 4. The summed E-state index contributed by atoms with van der Waals surface area (Å²) in [7, 11) is 1.73. The number of ether oxygens (including phenoxy) is 1. The predicted octanol–water partition coefficient (Wildman–Crippen LogP) is 0.664. The molecule has 1 amide bonds. The maximum absolute atomic E-state index is 12.2. The van der Waals surface area contributed by atoms with Gasteiger partial charge in [-0.05, 0) is 25.5 Å². The highest BCUT2D eigenvalue weighted by molar-refractivity contribution is 5.86. The molecule has 1 saturated heterocycles. The summed E-state index contributed by atoms with van der Waals surface area (Å²) in [6, 6.07) is 3.75. The summed E-state index contributed by atoms with van der Waals surface area (Å²) < 4.78 is 10.6.